The van der Waals surface area contributed by atoms with Crippen molar-refractivity contribution in [2.45, 2.75) is 32.2 Å². The molecule has 1 fully saturated rings. The van der Waals surface area contributed by atoms with Crippen molar-refractivity contribution in [2.24, 2.45) is 0 Å². The van der Waals surface area contributed by atoms with Crippen LogP contribution >= 0.6 is 0 Å². The predicted molar refractivity (Wildman–Crippen MR) is 77.8 cm³/mol. The van der Waals surface area contributed by atoms with Crippen molar-refractivity contribution in [1.29, 1.82) is 0 Å². The maximum absolute atomic E-state index is 12.6. The van der Waals surface area contributed by atoms with Crippen molar-refractivity contribution >= 4 is 17.6 Å². The molecule has 1 heterocycles. The van der Waals surface area contributed by atoms with Gasteiger partial charge in [-0.05, 0) is 38.3 Å². The van der Waals surface area contributed by atoms with Crippen molar-refractivity contribution in [3.05, 3.63) is 23.8 Å². The second-order valence-corrected chi connectivity index (χ2v) is 5.01. The summed E-state index contributed by atoms with van der Waals surface area (Å²) in [5, 5.41) is 9.94. The van der Waals surface area contributed by atoms with Crippen LogP contribution in [0.5, 0.6) is 5.75 Å². The summed E-state index contributed by atoms with van der Waals surface area (Å²) >= 11 is 0. The Hall–Kier alpha value is -2.24. The largest absolute Gasteiger partial charge is 0.505 e. The molecule has 1 aliphatic rings. The number of ether oxygens (including phenoxy) is 1. The van der Waals surface area contributed by atoms with E-state index in [-0.39, 0.29) is 23.6 Å². The van der Waals surface area contributed by atoms with E-state index in [2.05, 4.69) is 0 Å². The third-order valence-electron chi connectivity index (χ3n) is 3.62. The summed E-state index contributed by atoms with van der Waals surface area (Å²) in [6.07, 6.45) is 2.27. The number of aromatic hydroxyl groups is 1. The van der Waals surface area contributed by atoms with Crippen LogP contribution in [-0.4, -0.2) is 41.1 Å². The fraction of sp³-hybridized carbons (Fsp3) is 0.467. The van der Waals surface area contributed by atoms with E-state index in [4.69, 9.17) is 10.5 Å². The Morgan fingerprint density at radius 1 is 1.43 bits per heavy atom. The Kier molecular flexibility index (Phi) is 4.67. The Bertz CT molecular complexity index is 544. The van der Waals surface area contributed by atoms with Crippen LogP contribution in [0.1, 0.15) is 36.5 Å². The zero-order valence-corrected chi connectivity index (χ0v) is 12.0. The highest BCUT2D eigenvalue weighted by molar-refractivity contribution is 6.00. The summed E-state index contributed by atoms with van der Waals surface area (Å²) in [6.45, 7) is 2.48. The van der Waals surface area contributed by atoms with Crippen molar-refractivity contribution in [3.63, 3.8) is 0 Å². The van der Waals surface area contributed by atoms with E-state index < -0.39 is 17.9 Å². The minimum Gasteiger partial charge on any atom is -0.505 e. The van der Waals surface area contributed by atoms with Gasteiger partial charge >= 0.3 is 5.97 Å². The molecule has 0 aliphatic carbocycles. The number of hydrogen-bond acceptors (Lipinski definition) is 5. The zero-order chi connectivity index (χ0) is 15.4. The first-order chi connectivity index (χ1) is 10.1. The van der Waals surface area contributed by atoms with Gasteiger partial charge in [-0.15, -0.1) is 0 Å². The summed E-state index contributed by atoms with van der Waals surface area (Å²) in [5.74, 6) is -1.03. The molecule has 1 unspecified atom stereocenters. The molecule has 6 heteroatoms. The number of carbonyl (C=O) groups is 2. The lowest BCUT2D eigenvalue weighted by atomic mass is 10.0. The van der Waals surface area contributed by atoms with Crippen LogP contribution in [0.4, 0.5) is 5.69 Å². The molecule has 0 saturated carbocycles. The number of benzene rings is 1. The van der Waals surface area contributed by atoms with Crippen LogP contribution in [0.15, 0.2) is 18.2 Å². The molecule has 114 valence electrons. The number of carbonyl (C=O) groups excluding carboxylic acids is 2. The first-order valence-electron chi connectivity index (χ1n) is 7.11. The van der Waals surface area contributed by atoms with E-state index in [1.54, 1.807) is 13.0 Å². The lowest BCUT2D eigenvalue weighted by molar-refractivity contribution is -0.149. The van der Waals surface area contributed by atoms with Gasteiger partial charge in [0, 0.05) is 6.54 Å². The summed E-state index contributed by atoms with van der Waals surface area (Å²) < 4.78 is 5.03. The number of piperidine rings is 1. The summed E-state index contributed by atoms with van der Waals surface area (Å²) in [6, 6.07) is 4.04. The number of amides is 1. The number of para-hydroxylation sites is 1. The van der Waals surface area contributed by atoms with Gasteiger partial charge in [-0.3, -0.25) is 4.79 Å². The molecule has 0 aromatic heterocycles. The van der Waals surface area contributed by atoms with Crippen LogP contribution in [0.25, 0.3) is 0 Å². The standard InChI is InChI=1S/C15H20N2O4/c1-2-21-15(20)12-8-3-4-9-17(12)14(19)10-6-5-7-11(16)13(10)18/h5-7,12,18H,2-4,8-9,16H2,1H3. The van der Waals surface area contributed by atoms with Gasteiger partial charge in [-0.25, -0.2) is 4.79 Å². The Balaban J connectivity index is 2.26. The third-order valence-corrected chi connectivity index (χ3v) is 3.62. The number of rotatable bonds is 3. The summed E-state index contributed by atoms with van der Waals surface area (Å²) in [4.78, 5) is 26.1. The number of nitrogens with zero attached hydrogens (tertiary/aromatic N) is 1. The molecule has 1 amide bonds. The Labute approximate surface area is 123 Å². The van der Waals surface area contributed by atoms with Gasteiger partial charge in [0.15, 0.2) is 5.75 Å². The van der Waals surface area contributed by atoms with Crippen LogP contribution in [0.2, 0.25) is 0 Å². The minimum absolute atomic E-state index is 0.117. The molecule has 0 radical (unpaired) electrons. The number of hydrogen-bond donors (Lipinski definition) is 2. The topological polar surface area (TPSA) is 92.9 Å². The Morgan fingerprint density at radius 3 is 2.90 bits per heavy atom. The Morgan fingerprint density at radius 2 is 2.19 bits per heavy atom. The first-order valence-corrected chi connectivity index (χ1v) is 7.11. The van der Waals surface area contributed by atoms with Gasteiger partial charge in [0.25, 0.3) is 5.91 Å². The van der Waals surface area contributed by atoms with E-state index in [9.17, 15) is 14.7 Å². The molecule has 0 bridgehead atoms. The maximum atomic E-state index is 12.6. The molecule has 1 saturated heterocycles. The molecule has 1 atom stereocenters. The van der Waals surface area contributed by atoms with Crippen LogP contribution in [0, 0.1) is 0 Å². The minimum atomic E-state index is -0.591. The van der Waals surface area contributed by atoms with E-state index >= 15 is 0 Å². The predicted octanol–water partition coefficient (Wildman–Crippen LogP) is 1.53. The average molecular weight is 292 g/mol. The average Bonchev–Trinajstić information content (AvgIpc) is 2.49. The molecule has 1 aromatic carbocycles. The molecule has 1 aliphatic heterocycles. The molecule has 1 aromatic rings. The highest BCUT2D eigenvalue weighted by Gasteiger charge is 2.34. The SMILES string of the molecule is CCOC(=O)C1CCCCN1C(=O)c1cccc(N)c1O. The van der Waals surface area contributed by atoms with Gasteiger partial charge in [0.2, 0.25) is 0 Å². The van der Waals surface area contributed by atoms with Crippen molar-refractivity contribution in [2.75, 3.05) is 18.9 Å². The quantitative estimate of drug-likeness (QED) is 0.500. The molecular weight excluding hydrogens is 272 g/mol. The van der Waals surface area contributed by atoms with Gasteiger partial charge in [-0.2, -0.15) is 0 Å². The number of nitrogen functional groups attached to an aromatic ring is 1. The lowest BCUT2D eigenvalue weighted by Gasteiger charge is -2.34. The van der Waals surface area contributed by atoms with Gasteiger partial charge in [-0.1, -0.05) is 6.07 Å². The van der Waals surface area contributed by atoms with E-state index in [1.165, 1.54) is 17.0 Å². The molecule has 3 N–H and O–H groups in total. The highest BCUT2D eigenvalue weighted by atomic mass is 16.5. The number of phenolic OH excluding ortho intramolecular Hbond substituents is 1. The van der Waals surface area contributed by atoms with Gasteiger partial charge in [0.05, 0.1) is 17.9 Å². The van der Waals surface area contributed by atoms with Crippen molar-refractivity contribution in [1.82, 2.24) is 4.90 Å². The maximum Gasteiger partial charge on any atom is 0.328 e. The third kappa shape index (κ3) is 3.09. The molecule has 0 spiro atoms. The van der Waals surface area contributed by atoms with Crippen LogP contribution in [-0.2, 0) is 9.53 Å². The van der Waals surface area contributed by atoms with Crippen molar-refractivity contribution < 1.29 is 19.4 Å². The van der Waals surface area contributed by atoms with Crippen LogP contribution in [0.3, 0.4) is 0 Å². The highest BCUT2D eigenvalue weighted by Crippen LogP contribution is 2.28. The lowest BCUT2D eigenvalue weighted by Crippen LogP contribution is -2.48. The number of phenols is 1. The van der Waals surface area contributed by atoms with Crippen molar-refractivity contribution in [3.8, 4) is 5.75 Å². The smallest absolute Gasteiger partial charge is 0.328 e. The van der Waals surface area contributed by atoms with Gasteiger partial charge in [0.1, 0.15) is 6.04 Å². The molecule has 6 nitrogen and oxygen atoms in total. The van der Waals surface area contributed by atoms with Crippen LogP contribution < -0.4 is 5.73 Å². The fourth-order valence-corrected chi connectivity index (χ4v) is 2.55. The zero-order valence-electron chi connectivity index (χ0n) is 12.0. The fourth-order valence-electron chi connectivity index (χ4n) is 2.55. The number of nitrogens with two attached hydrogens (primary N) is 1. The molecular formula is C15H20N2O4. The van der Waals surface area contributed by atoms with Gasteiger partial charge < -0.3 is 20.5 Å². The molecule has 2 rings (SSSR count). The van der Waals surface area contributed by atoms with E-state index in [0.717, 1.165) is 12.8 Å². The molecule has 21 heavy (non-hydrogen) atoms. The normalized spacial score (nSPS) is 18.3. The van der Waals surface area contributed by atoms with E-state index in [1.807, 2.05) is 0 Å². The monoisotopic (exact) mass is 292 g/mol. The second-order valence-electron chi connectivity index (χ2n) is 5.01. The van der Waals surface area contributed by atoms with E-state index in [0.29, 0.717) is 13.0 Å². The number of likely N-dealkylation sites (tertiary alicyclic amines) is 1. The number of esters is 1. The summed E-state index contributed by atoms with van der Waals surface area (Å²) in [5.41, 5.74) is 5.88. The first kappa shape index (κ1) is 15.2. The second kappa shape index (κ2) is 6.47. The number of anilines is 1. The summed E-state index contributed by atoms with van der Waals surface area (Å²) in [7, 11) is 0.